The van der Waals surface area contributed by atoms with E-state index >= 15 is 0 Å². The Morgan fingerprint density at radius 1 is 0.944 bits per heavy atom. The summed E-state index contributed by atoms with van der Waals surface area (Å²) >= 11 is 0. The molecule has 2 aromatic carbocycles. The molecular weight excluding hydrogens is 231 g/mol. The number of hydrogen-bond acceptors (Lipinski definition) is 4. The van der Waals surface area contributed by atoms with E-state index in [1.54, 1.807) is 24.3 Å². The average Bonchev–Trinajstić information content (AvgIpc) is 2.40. The van der Waals surface area contributed by atoms with Gasteiger partial charge < -0.3 is 14.8 Å². The van der Waals surface area contributed by atoms with Gasteiger partial charge >= 0.3 is 13.1 Å². The van der Waals surface area contributed by atoms with Crippen LogP contribution >= 0.6 is 0 Å². The molecule has 0 spiro atoms. The lowest BCUT2D eigenvalue weighted by molar-refractivity contribution is 0.0735. The van der Waals surface area contributed by atoms with E-state index in [2.05, 4.69) is 0 Å². The fourth-order valence-electron chi connectivity index (χ4n) is 1.45. The number of para-hydroxylation sites is 1. The molecule has 0 unspecified atom stereocenters. The van der Waals surface area contributed by atoms with Crippen molar-refractivity contribution in [2.24, 2.45) is 0 Å². The Labute approximate surface area is 105 Å². The maximum atomic E-state index is 11.7. The lowest BCUT2D eigenvalue weighted by Gasteiger charge is -2.04. The van der Waals surface area contributed by atoms with E-state index in [1.165, 1.54) is 24.3 Å². The summed E-state index contributed by atoms with van der Waals surface area (Å²) in [6.07, 6.45) is 0. The number of benzene rings is 2. The highest BCUT2D eigenvalue weighted by molar-refractivity contribution is 6.58. The monoisotopic (exact) mass is 242 g/mol. The highest BCUT2D eigenvalue weighted by Crippen LogP contribution is 2.11. The Hall–Kier alpha value is -2.11. The first-order valence-electron chi connectivity index (χ1n) is 5.40. The molecule has 0 saturated carbocycles. The minimum absolute atomic E-state index is 0.325. The fraction of sp³-hybridized carbons (Fsp3) is 0. The summed E-state index contributed by atoms with van der Waals surface area (Å²) in [7, 11) is -1.54. The summed E-state index contributed by atoms with van der Waals surface area (Å²) < 4.78 is 5.14. The van der Waals surface area contributed by atoms with Gasteiger partial charge in [-0.15, -0.1) is 0 Å². The van der Waals surface area contributed by atoms with Crippen molar-refractivity contribution in [2.45, 2.75) is 0 Å². The molecule has 0 aliphatic heterocycles. The van der Waals surface area contributed by atoms with Crippen LogP contribution in [0.3, 0.4) is 0 Å². The molecule has 0 fully saturated rings. The minimum atomic E-state index is -1.54. The van der Waals surface area contributed by atoms with Gasteiger partial charge in [-0.25, -0.2) is 4.79 Å². The third-order valence-electron chi connectivity index (χ3n) is 2.40. The Morgan fingerprint density at radius 3 is 2.11 bits per heavy atom. The molecule has 0 amide bonds. The predicted octanol–water partition coefficient (Wildman–Crippen LogP) is 0.586. The van der Waals surface area contributed by atoms with Crippen LogP contribution in [0.4, 0.5) is 0 Å². The molecule has 90 valence electrons. The van der Waals surface area contributed by atoms with Crippen LogP contribution in [-0.4, -0.2) is 23.1 Å². The molecule has 0 aliphatic rings. The van der Waals surface area contributed by atoms with Crippen LogP contribution in [0.1, 0.15) is 10.4 Å². The Bertz CT molecular complexity index is 522. The topological polar surface area (TPSA) is 66.8 Å². The standard InChI is InChI=1S/C13H11BO4/c15-13(18-12-4-2-1-3-5-12)10-6-8-11(9-7-10)14(16)17/h1-9,16-17H. The van der Waals surface area contributed by atoms with Gasteiger partial charge in [-0.1, -0.05) is 30.3 Å². The number of esters is 1. The lowest BCUT2D eigenvalue weighted by Crippen LogP contribution is -2.29. The SMILES string of the molecule is O=C(Oc1ccccc1)c1ccc(B(O)O)cc1. The number of carbonyl (C=O) groups excluding carboxylic acids is 1. The zero-order valence-electron chi connectivity index (χ0n) is 9.48. The average molecular weight is 242 g/mol. The molecule has 0 radical (unpaired) electrons. The molecule has 0 heterocycles. The first-order chi connectivity index (χ1) is 8.66. The van der Waals surface area contributed by atoms with Crippen molar-refractivity contribution >= 4 is 18.6 Å². The Morgan fingerprint density at radius 2 is 1.56 bits per heavy atom. The largest absolute Gasteiger partial charge is 0.488 e. The summed E-state index contributed by atoms with van der Waals surface area (Å²) in [6, 6.07) is 14.6. The summed E-state index contributed by atoms with van der Waals surface area (Å²) in [5.41, 5.74) is 0.675. The highest BCUT2D eigenvalue weighted by Gasteiger charge is 2.13. The highest BCUT2D eigenvalue weighted by atomic mass is 16.5. The third kappa shape index (κ3) is 2.97. The molecule has 0 aliphatic carbocycles. The molecule has 4 nitrogen and oxygen atoms in total. The van der Waals surface area contributed by atoms with E-state index in [4.69, 9.17) is 14.8 Å². The predicted molar refractivity (Wildman–Crippen MR) is 67.7 cm³/mol. The van der Waals surface area contributed by atoms with Crippen LogP contribution in [0.2, 0.25) is 0 Å². The second-order valence-electron chi connectivity index (χ2n) is 3.70. The van der Waals surface area contributed by atoms with Crippen molar-refractivity contribution in [2.75, 3.05) is 0 Å². The smallest absolute Gasteiger partial charge is 0.423 e. The molecule has 18 heavy (non-hydrogen) atoms. The summed E-state index contributed by atoms with van der Waals surface area (Å²) in [4.78, 5) is 11.7. The molecule has 0 aromatic heterocycles. The maximum absolute atomic E-state index is 11.7. The van der Waals surface area contributed by atoms with E-state index in [9.17, 15) is 4.79 Å². The van der Waals surface area contributed by atoms with E-state index < -0.39 is 13.1 Å². The first kappa shape index (κ1) is 12.4. The minimum Gasteiger partial charge on any atom is -0.423 e. The van der Waals surface area contributed by atoms with Crippen LogP contribution in [0, 0.1) is 0 Å². The summed E-state index contributed by atoms with van der Waals surface area (Å²) in [6.45, 7) is 0. The zero-order chi connectivity index (χ0) is 13.0. The van der Waals surface area contributed by atoms with E-state index in [-0.39, 0.29) is 0 Å². The molecule has 2 aromatic rings. The van der Waals surface area contributed by atoms with Crippen LogP contribution < -0.4 is 10.2 Å². The van der Waals surface area contributed by atoms with Gasteiger partial charge in [-0.2, -0.15) is 0 Å². The van der Waals surface area contributed by atoms with Crippen molar-refractivity contribution in [3.8, 4) is 5.75 Å². The van der Waals surface area contributed by atoms with Gasteiger partial charge in [0.15, 0.2) is 0 Å². The quantitative estimate of drug-likeness (QED) is 0.469. The number of rotatable bonds is 3. The van der Waals surface area contributed by atoms with Gasteiger partial charge in [0.2, 0.25) is 0 Å². The molecule has 2 N–H and O–H groups in total. The van der Waals surface area contributed by atoms with Gasteiger partial charge in [-0.3, -0.25) is 0 Å². The van der Waals surface area contributed by atoms with Gasteiger partial charge in [0.1, 0.15) is 5.75 Å². The Kier molecular flexibility index (Phi) is 3.77. The molecule has 0 bridgehead atoms. The van der Waals surface area contributed by atoms with Crippen molar-refractivity contribution < 1.29 is 19.6 Å². The van der Waals surface area contributed by atoms with Crippen molar-refractivity contribution in [3.05, 3.63) is 60.2 Å². The number of hydrogen-bond donors (Lipinski definition) is 2. The summed E-state index contributed by atoms with van der Waals surface area (Å²) in [5, 5.41) is 17.9. The third-order valence-corrected chi connectivity index (χ3v) is 2.40. The lowest BCUT2D eigenvalue weighted by atomic mass is 9.80. The molecule has 5 heteroatoms. The van der Waals surface area contributed by atoms with E-state index in [1.807, 2.05) is 6.07 Å². The van der Waals surface area contributed by atoms with Crippen LogP contribution in [0.5, 0.6) is 5.75 Å². The molecular formula is C13H11BO4. The van der Waals surface area contributed by atoms with E-state index in [0.717, 1.165) is 0 Å². The van der Waals surface area contributed by atoms with Gasteiger partial charge in [-0.05, 0) is 29.7 Å². The Balaban J connectivity index is 2.10. The fourth-order valence-corrected chi connectivity index (χ4v) is 1.45. The second-order valence-corrected chi connectivity index (χ2v) is 3.70. The van der Waals surface area contributed by atoms with Gasteiger partial charge in [0.05, 0.1) is 5.56 Å². The maximum Gasteiger partial charge on any atom is 0.488 e. The van der Waals surface area contributed by atoms with Crippen LogP contribution in [-0.2, 0) is 0 Å². The van der Waals surface area contributed by atoms with E-state index in [0.29, 0.717) is 16.8 Å². The van der Waals surface area contributed by atoms with Crippen LogP contribution in [0.15, 0.2) is 54.6 Å². The van der Waals surface area contributed by atoms with Gasteiger partial charge in [0, 0.05) is 0 Å². The number of ether oxygens (including phenoxy) is 1. The second kappa shape index (κ2) is 5.49. The molecule has 2 rings (SSSR count). The molecule has 0 atom stereocenters. The molecule has 0 saturated heterocycles. The van der Waals surface area contributed by atoms with Crippen molar-refractivity contribution in [3.63, 3.8) is 0 Å². The zero-order valence-corrected chi connectivity index (χ0v) is 9.48. The van der Waals surface area contributed by atoms with Gasteiger partial charge in [0.25, 0.3) is 0 Å². The van der Waals surface area contributed by atoms with Crippen molar-refractivity contribution in [1.82, 2.24) is 0 Å². The summed E-state index contributed by atoms with van der Waals surface area (Å²) in [5.74, 6) is -0.0195. The van der Waals surface area contributed by atoms with Crippen LogP contribution in [0.25, 0.3) is 0 Å². The van der Waals surface area contributed by atoms with Crippen molar-refractivity contribution in [1.29, 1.82) is 0 Å². The number of carbonyl (C=O) groups is 1. The first-order valence-corrected chi connectivity index (χ1v) is 5.40. The normalized spacial score (nSPS) is 9.89.